The molecule has 92 valence electrons. The number of likely N-dealkylation sites (N-methyl/N-ethyl adjacent to an activating group) is 2. The zero-order valence-corrected chi connectivity index (χ0v) is 11.7. The van der Waals surface area contributed by atoms with E-state index in [1.807, 2.05) is 0 Å². The van der Waals surface area contributed by atoms with E-state index in [9.17, 15) is 0 Å². The van der Waals surface area contributed by atoms with Crippen molar-refractivity contribution in [3.63, 3.8) is 0 Å². The quantitative estimate of drug-likeness (QED) is 0.701. The van der Waals surface area contributed by atoms with Crippen LogP contribution in [0.15, 0.2) is 0 Å². The Balaban J connectivity index is 4.29. The number of rotatable bonds is 7. The van der Waals surface area contributed by atoms with E-state index in [-0.39, 0.29) is 0 Å². The Hall–Kier alpha value is -0.0800. The van der Waals surface area contributed by atoms with Crippen LogP contribution in [0.2, 0.25) is 0 Å². The second-order valence-electron chi connectivity index (χ2n) is 5.33. The van der Waals surface area contributed by atoms with Crippen molar-refractivity contribution in [2.75, 3.05) is 20.6 Å². The van der Waals surface area contributed by atoms with Crippen molar-refractivity contribution in [3.8, 4) is 0 Å². The molecule has 0 spiro atoms. The summed E-state index contributed by atoms with van der Waals surface area (Å²) in [6.45, 7) is 12.6. The molecular formula is C13H30N2. The zero-order chi connectivity index (χ0) is 12.1. The van der Waals surface area contributed by atoms with Crippen molar-refractivity contribution in [2.24, 2.45) is 5.92 Å². The molecule has 0 fully saturated rings. The molecule has 1 N–H and O–H groups in total. The monoisotopic (exact) mass is 214 g/mol. The van der Waals surface area contributed by atoms with Crippen LogP contribution in [-0.4, -0.2) is 37.1 Å². The van der Waals surface area contributed by atoms with E-state index in [0.717, 1.165) is 12.5 Å². The molecule has 0 rings (SSSR count). The van der Waals surface area contributed by atoms with Crippen LogP contribution in [0.3, 0.4) is 0 Å². The number of nitrogens with one attached hydrogen (secondary N) is 1. The van der Waals surface area contributed by atoms with Crippen LogP contribution in [0, 0.1) is 5.92 Å². The minimum atomic E-state index is 0.308. The fourth-order valence-electron chi connectivity index (χ4n) is 1.65. The van der Waals surface area contributed by atoms with E-state index >= 15 is 0 Å². The fourth-order valence-corrected chi connectivity index (χ4v) is 1.65. The lowest BCUT2D eigenvalue weighted by atomic mass is 9.95. The van der Waals surface area contributed by atoms with Crippen molar-refractivity contribution < 1.29 is 0 Å². The van der Waals surface area contributed by atoms with Crippen molar-refractivity contribution in [1.29, 1.82) is 0 Å². The van der Waals surface area contributed by atoms with E-state index in [1.165, 1.54) is 12.8 Å². The minimum Gasteiger partial charge on any atom is -0.315 e. The van der Waals surface area contributed by atoms with Crippen LogP contribution in [-0.2, 0) is 0 Å². The summed E-state index contributed by atoms with van der Waals surface area (Å²) in [6, 6.07) is 0.603. The normalized spacial score (nSPS) is 16.8. The first-order chi connectivity index (χ1) is 6.88. The fraction of sp³-hybridized carbons (Fsp3) is 1.00. The molecule has 0 saturated heterocycles. The van der Waals surface area contributed by atoms with Gasteiger partial charge in [0.25, 0.3) is 0 Å². The predicted molar refractivity (Wildman–Crippen MR) is 69.3 cm³/mol. The topological polar surface area (TPSA) is 15.3 Å². The molecule has 0 radical (unpaired) electrons. The second kappa shape index (κ2) is 6.49. The maximum atomic E-state index is 3.44. The lowest BCUT2D eigenvalue weighted by Gasteiger charge is -2.38. The summed E-state index contributed by atoms with van der Waals surface area (Å²) >= 11 is 0. The zero-order valence-electron chi connectivity index (χ0n) is 11.7. The first-order valence-corrected chi connectivity index (χ1v) is 6.27. The second-order valence-corrected chi connectivity index (χ2v) is 5.33. The maximum Gasteiger partial charge on any atom is 0.0217 e. The Morgan fingerprint density at radius 1 is 1.27 bits per heavy atom. The molecule has 0 bridgehead atoms. The molecule has 0 saturated carbocycles. The van der Waals surface area contributed by atoms with Crippen molar-refractivity contribution >= 4 is 0 Å². The van der Waals surface area contributed by atoms with Crippen molar-refractivity contribution in [1.82, 2.24) is 10.2 Å². The molecule has 0 aliphatic heterocycles. The Morgan fingerprint density at radius 2 is 1.80 bits per heavy atom. The average molecular weight is 214 g/mol. The standard InChI is InChI=1S/C13H30N2/c1-8-11(3)12(14-6)10-15(7)13(4,5)9-2/h11-12,14H,8-10H2,1-7H3. The van der Waals surface area contributed by atoms with Gasteiger partial charge in [0.05, 0.1) is 0 Å². The molecule has 2 unspecified atom stereocenters. The third-order valence-corrected chi connectivity index (χ3v) is 4.07. The third-order valence-electron chi connectivity index (χ3n) is 4.07. The van der Waals surface area contributed by atoms with Crippen LogP contribution >= 0.6 is 0 Å². The summed E-state index contributed by atoms with van der Waals surface area (Å²) in [5.74, 6) is 0.741. The van der Waals surface area contributed by atoms with E-state index in [0.29, 0.717) is 11.6 Å². The number of hydrogen-bond donors (Lipinski definition) is 1. The van der Waals surface area contributed by atoms with Crippen molar-refractivity contribution in [3.05, 3.63) is 0 Å². The lowest BCUT2D eigenvalue weighted by molar-refractivity contribution is 0.124. The number of nitrogens with zero attached hydrogens (tertiary/aromatic N) is 1. The van der Waals surface area contributed by atoms with Crippen LogP contribution in [0.4, 0.5) is 0 Å². The molecule has 0 aliphatic rings. The molecule has 0 amide bonds. The van der Waals surface area contributed by atoms with Gasteiger partial charge in [0.15, 0.2) is 0 Å². The van der Waals surface area contributed by atoms with Gasteiger partial charge >= 0.3 is 0 Å². The molecule has 2 nitrogen and oxygen atoms in total. The highest BCUT2D eigenvalue weighted by Crippen LogP contribution is 2.18. The minimum absolute atomic E-state index is 0.308. The Labute approximate surface area is 96.4 Å². The van der Waals surface area contributed by atoms with E-state index in [4.69, 9.17) is 0 Å². The van der Waals surface area contributed by atoms with Crippen LogP contribution in [0.25, 0.3) is 0 Å². The van der Waals surface area contributed by atoms with Gasteiger partial charge < -0.3 is 5.32 Å². The molecule has 15 heavy (non-hydrogen) atoms. The molecule has 0 aromatic rings. The summed E-state index contributed by atoms with van der Waals surface area (Å²) in [7, 11) is 4.31. The van der Waals surface area contributed by atoms with Gasteiger partial charge in [-0.05, 0) is 40.3 Å². The van der Waals surface area contributed by atoms with Crippen LogP contribution in [0.5, 0.6) is 0 Å². The van der Waals surface area contributed by atoms with Crippen LogP contribution in [0.1, 0.15) is 47.5 Å². The van der Waals surface area contributed by atoms with Gasteiger partial charge in [-0.3, -0.25) is 4.90 Å². The van der Waals surface area contributed by atoms with Gasteiger partial charge in [0.2, 0.25) is 0 Å². The highest BCUT2D eigenvalue weighted by Gasteiger charge is 2.24. The Morgan fingerprint density at radius 3 is 2.13 bits per heavy atom. The summed E-state index contributed by atoms with van der Waals surface area (Å²) in [4.78, 5) is 2.47. The molecule has 2 heteroatoms. The molecule has 0 aromatic heterocycles. The largest absolute Gasteiger partial charge is 0.315 e. The van der Waals surface area contributed by atoms with Gasteiger partial charge in [-0.1, -0.05) is 27.2 Å². The first kappa shape index (κ1) is 14.9. The van der Waals surface area contributed by atoms with E-state index in [1.54, 1.807) is 0 Å². The summed E-state index contributed by atoms with van der Waals surface area (Å²) in [5, 5.41) is 3.44. The first-order valence-electron chi connectivity index (χ1n) is 6.27. The van der Waals surface area contributed by atoms with Crippen molar-refractivity contribution in [2.45, 2.75) is 59.0 Å². The molecule has 2 atom stereocenters. The molecule has 0 aliphatic carbocycles. The Bertz CT molecular complexity index is 166. The number of hydrogen-bond acceptors (Lipinski definition) is 2. The molecule has 0 aromatic carbocycles. The van der Waals surface area contributed by atoms with Gasteiger partial charge in [-0.15, -0.1) is 0 Å². The molecular weight excluding hydrogens is 184 g/mol. The van der Waals surface area contributed by atoms with Gasteiger partial charge in [0, 0.05) is 18.1 Å². The van der Waals surface area contributed by atoms with E-state index < -0.39 is 0 Å². The summed E-state index contributed by atoms with van der Waals surface area (Å²) in [6.07, 6.45) is 2.44. The molecule has 0 heterocycles. The van der Waals surface area contributed by atoms with Gasteiger partial charge in [-0.2, -0.15) is 0 Å². The van der Waals surface area contributed by atoms with Gasteiger partial charge in [-0.25, -0.2) is 0 Å². The summed E-state index contributed by atoms with van der Waals surface area (Å²) in [5.41, 5.74) is 0.308. The van der Waals surface area contributed by atoms with E-state index in [2.05, 4.69) is 58.9 Å². The highest BCUT2D eigenvalue weighted by molar-refractivity contribution is 4.82. The average Bonchev–Trinajstić information content (AvgIpc) is 2.24. The smallest absolute Gasteiger partial charge is 0.0217 e. The predicted octanol–water partition coefficient (Wildman–Crippen LogP) is 2.74. The van der Waals surface area contributed by atoms with Gasteiger partial charge in [0.1, 0.15) is 0 Å². The Kier molecular flexibility index (Phi) is 6.46. The highest BCUT2D eigenvalue weighted by atomic mass is 15.2. The maximum absolute atomic E-state index is 3.44. The van der Waals surface area contributed by atoms with Crippen LogP contribution < -0.4 is 5.32 Å². The summed E-state index contributed by atoms with van der Waals surface area (Å²) < 4.78 is 0. The lowest BCUT2D eigenvalue weighted by Crippen LogP contribution is -2.49. The third kappa shape index (κ3) is 4.52. The SMILES string of the molecule is CCC(C)C(CN(C)C(C)(C)CC)NC.